The molecule has 0 aliphatic rings. The standard InChI is InChI=1S/C10H13N3O.C8H7FN2O/c1-6-9-7(5-13(2)12-9)4-8(11)10(6)14-3;1-11-4-5-2-3-6(12)7(9)8(5)10-11/h4-5H,11H2,1-3H3;2-4,12H,1H3. The highest BCUT2D eigenvalue weighted by Crippen LogP contribution is 2.32. The van der Waals surface area contributed by atoms with E-state index in [1.165, 1.54) is 10.7 Å². The second-order valence-corrected chi connectivity index (χ2v) is 6.00. The Bertz CT molecular complexity index is 1100. The van der Waals surface area contributed by atoms with E-state index in [0.717, 1.165) is 22.2 Å². The van der Waals surface area contributed by atoms with Gasteiger partial charge in [-0.25, -0.2) is 4.39 Å². The first kappa shape index (κ1) is 17.5. The Kier molecular flexibility index (Phi) is 4.41. The number of ether oxygens (including phenoxy) is 1. The number of phenolic OH excluding ortho intramolecular Hbond substituents is 1. The fraction of sp³-hybridized carbons (Fsp3) is 0.222. The van der Waals surface area contributed by atoms with Gasteiger partial charge in [-0.05, 0) is 25.1 Å². The number of halogens is 1. The molecule has 7 nitrogen and oxygen atoms in total. The zero-order chi connectivity index (χ0) is 19.0. The molecule has 2 aromatic heterocycles. The highest BCUT2D eigenvalue weighted by molar-refractivity contribution is 5.88. The molecule has 2 heterocycles. The number of nitrogen functional groups attached to an aromatic ring is 1. The highest BCUT2D eigenvalue weighted by Gasteiger charge is 2.11. The van der Waals surface area contributed by atoms with Crippen LogP contribution in [-0.2, 0) is 14.1 Å². The number of hydrogen-bond donors (Lipinski definition) is 2. The molecule has 0 atom stereocenters. The van der Waals surface area contributed by atoms with Gasteiger partial charge in [0.05, 0.1) is 18.3 Å². The molecule has 0 radical (unpaired) electrons. The topological polar surface area (TPSA) is 91.1 Å². The van der Waals surface area contributed by atoms with Gasteiger partial charge in [0.25, 0.3) is 0 Å². The van der Waals surface area contributed by atoms with Crippen molar-refractivity contribution in [1.82, 2.24) is 19.6 Å². The number of aromatic hydroxyl groups is 1. The van der Waals surface area contributed by atoms with Crippen LogP contribution in [0.1, 0.15) is 5.56 Å². The molecule has 8 heteroatoms. The number of aryl methyl sites for hydroxylation is 3. The fourth-order valence-corrected chi connectivity index (χ4v) is 2.89. The summed E-state index contributed by atoms with van der Waals surface area (Å²) >= 11 is 0. The fourth-order valence-electron chi connectivity index (χ4n) is 2.89. The SMILES string of the molecule is COc1c(N)cc2cn(C)nc2c1C.Cn1cc2ccc(O)c(F)c2n1. The first-order chi connectivity index (χ1) is 12.3. The Morgan fingerprint density at radius 1 is 1.08 bits per heavy atom. The number of nitrogens with two attached hydrogens (primary N) is 1. The average Bonchev–Trinajstić information content (AvgIpc) is 3.14. The van der Waals surface area contributed by atoms with Crippen LogP contribution >= 0.6 is 0 Å². The summed E-state index contributed by atoms with van der Waals surface area (Å²) in [6.07, 6.45) is 3.63. The maximum Gasteiger partial charge on any atom is 0.192 e. The number of anilines is 1. The smallest absolute Gasteiger partial charge is 0.192 e. The first-order valence-corrected chi connectivity index (χ1v) is 7.89. The van der Waals surface area contributed by atoms with Gasteiger partial charge in [-0.15, -0.1) is 0 Å². The van der Waals surface area contributed by atoms with Gasteiger partial charge in [-0.2, -0.15) is 10.2 Å². The molecule has 26 heavy (non-hydrogen) atoms. The summed E-state index contributed by atoms with van der Waals surface area (Å²) in [7, 11) is 5.21. The Morgan fingerprint density at radius 3 is 2.35 bits per heavy atom. The number of methoxy groups -OCH3 is 1. The van der Waals surface area contributed by atoms with Crippen LogP contribution in [0.25, 0.3) is 21.8 Å². The minimum Gasteiger partial charge on any atom is -0.505 e. The minimum absolute atomic E-state index is 0.206. The lowest BCUT2D eigenvalue weighted by atomic mass is 10.1. The van der Waals surface area contributed by atoms with Crippen molar-refractivity contribution in [3.05, 3.63) is 42.0 Å². The summed E-state index contributed by atoms with van der Waals surface area (Å²) in [5.41, 5.74) is 8.64. The molecule has 0 saturated carbocycles. The molecular weight excluding hydrogens is 337 g/mol. The Hall–Kier alpha value is -3.29. The molecule has 136 valence electrons. The third-order valence-electron chi connectivity index (χ3n) is 4.04. The minimum atomic E-state index is -0.659. The van der Waals surface area contributed by atoms with Crippen molar-refractivity contribution in [3.63, 3.8) is 0 Å². The summed E-state index contributed by atoms with van der Waals surface area (Å²) in [5.74, 6) is -0.300. The van der Waals surface area contributed by atoms with Gasteiger partial charge in [0.2, 0.25) is 0 Å². The van der Waals surface area contributed by atoms with Crippen LogP contribution in [0.2, 0.25) is 0 Å². The lowest BCUT2D eigenvalue weighted by Crippen LogP contribution is -1.95. The molecule has 0 bridgehead atoms. The molecule has 0 saturated heterocycles. The van der Waals surface area contributed by atoms with Crippen LogP contribution in [0.4, 0.5) is 10.1 Å². The normalized spacial score (nSPS) is 10.8. The van der Waals surface area contributed by atoms with Gasteiger partial charge in [0.1, 0.15) is 11.3 Å². The zero-order valence-electron chi connectivity index (χ0n) is 15.0. The van der Waals surface area contributed by atoms with Crippen molar-refractivity contribution in [2.75, 3.05) is 12.8 Å². The van der Waals surface area contributed by atoms with Gasteiger partial charge in [0, 0.05) is 42.8 Å². The van der Waals surface area contributed by atoms with E-state index in [2.05, 4.69) is 10.2 Å². The first-order valence-electron chi connectivity index (χ1n) is 7.89. The predicted octanol–water partition coefficient (Wildman–Crippen LogP) is 2.89. The summed E-state index contributed by atoms with van der Waals surface area (Å²) < 4.78 is 21.6. The third-order valence-corrected chi connectivity index (χ3v) is 4.04. The molecule has 0 amide bonds. The largest absolute Gasteiger partial charge is 0.505 e. The van der Waals surface area contributed by atoms with Crippen molar-refractivity contribution in [3.8, 4) is 11.5 Å². The number of phenols is 1. The number of benzene rings is 2. The second kappa shape index (κ2) is 6.55. The maximum absolute atomic E-state index is 13.1. The van der Waals surface area contributed by atoms with Crippen LogP contribution in [0.15, 0.2) is 30.6 Å². The number of aromatic nitrogens is 4. The van der Waals surface area contributed by atoms with Crippen LogP contribution in [0.5, 0.6) is 11.5 Å². The zero-order valence-corrected chi connectivity index (χ0v) is 15.0. The number of hydrogen-bond acceptors (Lipinski definition) is 5. The highest BCUT2D eigenvalue weighted by atomic mass is 19.1. The molecular formula is C18H20FN5O2. The summed E-state index contributed by atoms with van der Waals surface area (Å²) in [5, 5.41) is 18.9. The Morgan fingerprint density at radius 2 is 1.69 bits per heavy atom. The van der Waals surface area contributed by atoms with E-state index in [9.17, 15) is 4.39 Å². The van der Waals surface area contributed by atoms with Gasteiger partial charge >= 0.3 is 0 Å². The number of rotatable bonds is 1. The number of fused-ring (bicyclic) bond motifs is 2. The van der Waals surface area contributed by atoms with Crippen LogP contribution in [-0.4, -0.2) is 31.8 Å². The van der Waals surface area contributed by atoms with Crippen LogP contribution in [0, 0.1) is 12.7 Å². The number of nitrogens with zero attached hydrogens (tertiary/aromatic N) is 4. The van der Waals surface area contributed by atoms with Crippen molar-refractivity contribution in [2.45, 2.75) is 6.92 Å². The van der Waals surface area contributed by atoms with E-state index in [-0.39, 0.29) is 11.3 Å². The molecule has 0 aliphatic heterocycles. The molecule has 4 rings (SSSR count). The summed E-state index contributed by atoms with van der Waals surface area (Å²) in [4.78, 5) is 0. The molecule has 4 aromatic rings. The lowest BCUT2D eigenvalue weighted by molar-refractivity contribution is 0.414. The van der Waals surface area contributed by atoms with Crippen molar-refractivity contribution in [2.24, 2.45) is 14.1 Å². The van der Waals surface area contributed by atoms with E-state index in [1.807, 2.05) is 26.2 Å². The van der Waals surface area contributed by atoms with E-state index < -0.39 is 5.82 Å². The molecule has 0 aliphatic carbocycles. The van der Waals surface area contributed by atoms with Crippen molar-refractivity contribution < 1.29 is 14.2 Å². The van der Waals surface area contributed by atoms with E-state index in [0.29, 0.717) is 11.1 Å². The maximum atomic E-state index is 13.1. The van der Waals surface area contributed by atoms with Crippen LogP contribution in [0.3, 0.4) is 0 Å². The third kappa shape index (κ3) is 3.01. The summed E-state index contributed by atoms with van der Waals surface area (Å²) in [6, 6.07) is 4.83. The van der Waals surface area contributed by atoms with Gasteiger partial charge in [-0.3, -0.25) is 9.36 Å². The lowest BCUT2D eigenvalue weighted by Gasteiger charge is -2.07. The Balaban J connectivity index is 0.000000152. The van der Waals surface area contributed by atoms with Gasteiger partial charge < -0.3 is 15.6 Å². The molecule has 0 unspecified atom stereocenters. The predicted molar refractivity (Wildman–Crippen MR) is 98.8 cm³/mol. The molecule has 2 aromatic carbocycles. The van der Waals surface area contributed by atoms with Crippen LogP contribution < -0.4 is 10.5 Å². The summed E-state index contributed by atoms with van der Waals surface area (Å²) in [6.45, 7) is 1.96. The van der Waals surface area contributed by atoms with E-state index >= 15 is 0 Å². The second-order valence-electron chi connectivity index (χ2n) is 6.00. The molecule has 3 N–H and O–H groups in total. The van der Waals surface area contributed by atoms with E-state index in [4.69, 9.17) is 15.6 Å². The average molecular weight is 357 g/mol. The van der Waals surface area contributed by atoms with Gasteiger partial charge in [-0.1, -0.05) is 0 Å². The molecule has 0 spiro atoms. The van der Waals surface area contributed by atoms with Crippen molar-refractivity contribution in [1.29, 1.82) is 0 Å². The van der Waals surface area contributed by atoms with Gasteiger partial charge in [0.15, 0.2) is 11.6 Å². The molecule has 0 fully saturated rings. The Labute approximate surface area is 149 Å². The quantitative estimate of drug-likeness (QED) is 0.511. The van der Waals surface area contributed by atoms with E-state index in [1.54, 1.807) is 31.1 Å². The monoisotopic (exact) mass is 357 g/mol. The van der Waals surface area contributed by atoms with Crippen molar-refractivity contribution >= 4 is 27.5 Å².